The maximum absolute atomic E-state index is 12.9. The van der Waals surface area contributed by atoms with Gasteiger partial charge in [-0.2, -0.15) is 0 Å². The van der Waals surface area contributed by atoms with Crippen molar-refractivity contribution < 1.29 is 114 Å². The third-order valence-electron chi connectivity index (χ3n) is 14.3. The largest absolute Gasteiger partial charge is 0.460 e. The molecule has 0 aromatic heterocycles. The molecule has 14 N–H and O–H groups in total. The van der Waals surface area contributed by atoms with E-state index in [0.717, 1.165) is 6.08 Å². The molecule has 4 heterocycles. The van der Waals surface area contributed by atoms with Gasteiger partial charge in [-0.1, -0.05) is 6.08 Å². The number of ether oxygens (including phenoxy) is 8. The van der Waals surface area contributed by atoms with Crippen LogP contribution in [0.15, 0.2) is 12.2 Å². The Balaban J connectivity index is 0.986. The zero-order valence-electron chi connectivity index (χ0n) is 35.8. The van der Waals surface area contributed by atoms with Crippen LogP contribution >= 0.6 is 0 Å². The average Bonchev–Trinajstić information content (AvgIpc) is 3.28. The van der Waals surface area contributed by atoms with Crippen molar-refractivity contribution in [1.29, 1.82) is 0 Å². The topological polar surface area (TPSA) is 374 Å². The lowest BCUT2D eigenvalue weighted by Crippen LogP contribution is -2.65. The van der Waals surface area contributed by atoms with Crippen LogP contribution in [0.5, 0.6) is 0 Å². The number of hydrogen-bond acceptors (Lipinski definition) is 23. The Hall–Kier alpha value is -1.63. The van der Waals surface area contributed by atoms with Crippen LogP contribution in [0.3, 0.4) is 0 Å². The minimum absolute atomic E-state index is 0.113. The molecule has 0 aromatic rings. The highest BCUT2D eigenvalue weighted by Gasteiger charge is 2.55. The highest BCUT2D eigenvalue weighted by atomic mass is 16.8. The highest BCUT2D eigenvalue weighted by Crippen LogP contribution is 2.44. The number of carbonyl (C=O) groups is 1. The monoisotopic (exact) mass is 940 g/mol. The van der Waals surface area contributed by atoms with Gasteiger partial charge in [0.15, 0.2) is 18.9 Å². The number of aliphatic hydroxyl groups is 14. The number of allylic oxidation sites excluding steroid dienone is 1. The van der Waals surface area contributed by atoms with Crippen LogP contribution in [0.4, 0.5) is 0 Å². The van der Waals surface area contributed by atoms with E-state index >= 15 is 0 Å². The molecule has 7 fully saturated rings. The van der Waals surface area contributed by atoms with Crippen molar-refractivity contribution in [2.24, 2.45) is 17.8 Å². The standard InChI is InChI=1S/C42H68O23/c43-13-26-30(50)33(53)36(56)40(62-26)60-24-9-16(1-7-21(24)47)2-8-29(49)58-15-28-32(52)34(54)37(57)41(64-28)65-39-35(55)31(51)27(14-44)63-42(39)61-25-12-20-22(48)10-19(46)11-23(20)59-38(25)17-3-5-18(45)6-4-17/h2,8,16-28,30-48,50-57H,1,3-7,9-15H2. The fraction of sp³-hybridized carbons (Fsp3) is 0.929. The summed E-state index contributed by atoms with van der Waals surface area (Å²) in [5.74, 6) is -1.83. The molecule has 65 heavy (non-hydrogen) atoms. The number of rotatable bonds is 13. The molecule has 24 atom stereocenters. The van der Waals surface area contributed by atoms with Crippen LogP contribution in [0.25, 0.3) is 0 Å². The van der Waals surface area contributed by atoms with Gasteiger partial charge in [-0.05, 0) is 76.0 Å². The molecule has 0 amide bonds. The lowest BCUT2D eigenvalue weighted by Gasteiger charge is -2.51. The van der Waals surface area contributed by atoms with E-state index in [2.05, 4.69) is 0 Å². The summed E-state index contributed by atoms with van der Waals surface area (Å²) in [7, 11) is 0. The Kier molecular flexibility index (Phi) is 17.7. The van der Waals surface area contributed by atoms with Gasteiger partial charge >= 0.3 is 5.97 Å². The molecule has 3 saturated carbocycles. The molecule has 7 aliphatic rings. The van der Waals surface area contributed by atoms with Gasteiger partial charge in [0, 0.05) is 12.0 Å². The molecule has 23 heteroatoms. The minimum Gasteiger partial charge on any atom is -0.460 e. The maximum atomic E-state index is 12.9. The molecule has 0 bridgehead atoms. The molecule has 4 aliphatic heterocycles. The Morgan fingerprint density at radius 2 is 1.11 bits per heavy atom. The number of hydrogen-bond donors (Lipinski definition) is 14. The Morgan fingerprint density at radius 1 is 0.523 bits per heavy atom. The Morgan fingerprint density at radius 3 is 1.77 bits per heavy atom. The molecule has 24 unspecified atom stereocenters. The van der Waals surface area contributed by atoms with E-state index in [4.69, 9.17) is 37.9 Å². The van der Waals surface area contributed by atoms with E-state index in [9.17, 15) is 76.3 Å². The van der Waals surface area contributed by atoms with E-state index in [1.165, 1.54) is 6.08 Å². The van der Waals surface area contributed by atoms with Crippen molar-refractivity contribution >= 4 is 5.97 Å². The van der Waals surface area contributed by atoms with Crippen molar-refractivity contribution in [1.82, 2.24) is 0 Å². The van der Waals surface area contributed by atoms with Gasteiger partial charge in [0.2, 0.25) is 0 Å². The van der Waals surface area contributed by atoms with Crippen LogP contribution < -0.4 is 0 Å². The summed E-state index contributed by atoms with van der Waals surface area (Å²) >= 11 is 0. The van der Waals surface area contributed by atoms with E-state index in [1.54, 1.807) is 0 Å². The normalized spacial score (nSPS) is 51.0. The van der Waals surface area contributed by atoms with Gasteiger partial charge < -0.3 is 109 Å². The molecule has 7 rings (SSSR count). The number of carbonyl (C=O) groups excluding carboxylic acids is 1. The first-order valence-electron chi connectivity index (χ1n) is 22.8. The zero-order valence-corrected chi connectivity index (χ0v) is 35.8. The number of esters is 1. The number of aliphatic hydroxyl groups excluding tert-OH is 14. The quantitative estimate of drug-likeness (QED) is 0.0604. The van der Waals surface area contributed by atoms with Gasteiger partial charge in [-0.15, -0.1) is 0 Å². The van der Waals surface area contributed by atoms with E-state index in [1.807, 2.05) is 0 Å². The zero-order chi connectivity index (χ0) is 46.9. The van der Waals surface area contributed by atoms with Crippen LogP contribution in [-0.2, 0) is 42.7 Å². The summed E-state index contributed by atoms with van der Waals surface area (Å²) < 4.78 is 47.3. The molecule has 0 spiro atoms. The number of fused-ring (bicyclic) bond motifs is 1. The molecule has 0 radical (unpaired) electrons. The average molecular weight is 941 g/mol. The van der Waals surface area contributed by atoms with Crippen molar-refractivity contribution in [3.8, 4) is 0 Å². The molecule has 23 nitrogen and oxygen atoms in total. The third-order valence-corrected chi connectivity index (χ3v) is 14.3. The van der Waals surface area contributed by atoms with Crippen LogP contribution in [-0.4, -0.2) is 238 Å². The maximum Gasteiger partial charge on any atom is 0.330 e. The fourth-order valence-electron chi connectivity index (χ4n) is 10.4. The van der Waals surface area contributed by atoms with Crippen molar-refractivity contribution in [3.05, 3.63) is 12.2 Å². The Bertz CT molecular complexity index is 1530. The first-order valence-corrected chi connectivity index (χ1v) is 22.8. The summed E-state index contributed by atoms with van der Waals surface area (Å²) in [6, 6.07) is 0. The summed E-state index contributed by atoms with van der Waals surface area (Å²) in [5, 5.41) is 147. The van der Waals surface area contributed by atoms with Gasteiger partial charge in [0.1, 0.15) is 79.9 Å². The lowest BCUT2D eigenvalue weighted by atomic mass is 9.73. The predicted octanol–water partition coefficient (Wildman–Crippen LogP) is -5.71. The predicted molar refractivity (Wildman–Crippen MR) is 212 cm³/mol. The van der Waals surface area contributed by atoms with Gasteiger partial charge in [-0.3, -0.25) is 0 Å². The molecular weight excluding hydrogens is 872 g/mol. The second-order valence-corrected chi connectivity index (χ2v) is 18.8. The molecular formula is C42H68O23. The van der Waals surface area contributed by atoms with Crippen LogP contribution in [0.1, 0.15) is 64.2 Å². The van der Waals surface area contributed by atoms with Gasteiger partial charge in [-0.25, -0.2) is 4.79 Å². The van der Waals surface area contributed by atoms with Gasteiger partial charge in [0.25, 0.3) is 0 Å². The van der Waals surface area contributed by atoms with Gasteiger partial charge in [0.05, 0.1) is 62.0 Å². The highest BCUT2D eigenvalue weighted by molar-refractivity contribution is 5.81. The molecule has 4 saturated heterocycles. The molecule has 3 aliphatic carbocycles. The molecule has 0 aromatic carbocycles. The first kappa shape index (κ1) is 51.2. The van der Waals surface area contributed by atoms with Crippen molar-refractivity contribution in [3.63, 3.8) is 0 Å². The minimum atomic E-state index is -1.96. The van der Waals surface area contributed by atoms with Crippen LogP contribution in [0, 0.1) is 17.8 Å². The Labute approximate surface area is 374 Å². The molecule has 374 valence electrons. The summed E-state index contributed by atoms with van der Waals surface area (Å²) in [5.41, 5.74) is 0. The van der Waals surface area contributed by atoms with E-state index < -0.39 is 173 Å². The van der Waals surface area contributed by atoms with Crippen LogP contribution in [0.2, 0.25) is 0 Å². The summed E-state index contributed by atoms with van der Waals surface area (Å²) in [4.78, 5) is 12.9. The lowest BCUT2D eigenvalue weighted by molar-refractivity contribution is -0.379. The second-order valence-electron chi connectivity index (χ2n) is 18.8. The summed E-state index contributed by atoms with van der Waals surface area (Å²) in [6.45, 7) is -2.08. The smallest absolute Gasteiger partial charge is 0.330 e. The fourth-order valence-corrected chi connectivity index (χ4v) is 10.4. The van der Waals surface area contributed by atoms with E-state index in [-0.39, 0.29) is 37.5 Å². The van der Waals surface area contributed by atoms with E-state index in [0.29, 0.717) is 38.5 Å². The van der Waals surface area contributed by atoms with Crippen molar-refractivity contribution in [2.75, 3.05) is 19.8 Å². The van der Waals surface area contributed by atoms with Crippen molar-refractivity contribution in [2.45, 2.75) is 205 Å². The SMILES string of the molecule is O=C(C=CC1CCC(O)C(OC2OC(CO)C(O)C(O)C2O)C1)OCC1OC(OC2C(OC3CC4C(O)CC(O)CC4OC3C3CCC(O)CC3)OC(CO)C(O)C2O)C(O)C(O)C1O. The third kappa shape index (κ3) is 11.7. The second kappa shape index (κ2) is 22.4. The first-order chi connectivity index (χ1) is 31.0. The summed E-state index contributed by atoms with van der Waals surface area (Å²) in [6.07, 6.45) is -24.8.